The van der Waals surface area contributed by atoms with Crippen molar-refractivity contribution < 1.29 is 18.3 Å². The van der Waals surface area contributed by atoms with Crippen molar-refractivity contribution in [2.45, 2.75) is 19.4 Å². The van der Waals surface area contributed by atoms with Gasteiger partial charge in [-0.05, 0) is 30.7 Å². The summed E-state index contributed by atoms with van der Waals surface area (Å²) in [6, 6.07) is 7.79. The Labute approximate surface area is 109 Å². The fourth-order valence-corrected chi connectivity index (χ4v) is 1.92. The first kappa shape index (κ1) is 13.6. The molecule has 2 aromatic carbocycles. The lowest BCUT2D eigenvalue weighted by Gasteiger charge is -2.13. The van der Waals surface area contributed by atoms with Crippen molar-refractivity contribution in [1.82, 2.24) is 0 Å². The molecule has 2 rings (SSSR count). The second kappa shape index (κ2) is 5.45. The van der Waals surface area contributed by atoms with E-state index in [1.54, 1.807) is 19.1 Å². The van der Waals surface area contributed by atoms with Gasteiger partial charge in [-0.3, -0.25) is 0 Å². The summed E-state index contributed by atoms with van der Waals surface area (Å²) in [5, 5.41) is 9.98. The molecule has 0 saturated carbocycles. The van der Waals surface area contributed by atoms with E-state index >= 15 is 0 Å². The number of rotatable bonds is 3. The highest BCUT2D eigenvalue weighted by Gasteiger charge is 2.14. The molecule has 1 N–H and O–H groups in total. The summed E-state index contributed by atoms with van der Waals surface area (Å²) >= 11 is 0. The average molecular weight is 266 g/mol. The highest BCUT2D eigenvalue weighted by molar-refractivity contribution is 5.28. The number of halogens is 3. The van der Waals surface area contributed by atoms with Crippen LogP contribution in [0.15, 0.2) is 36.4 Å². The molecule has 0 fully saturated rings. The summed E-state index contributed by atoms with van der Waals surface area (Å²) in [5.41, 5.74) is 1.39. The molecular weight excluding hydrogens is 253 g/mol. The molecule has 0 aliphatic carbocycles. The molecule has 0 heterocycles. The van der Waals surface area contributed by atoms with Crippen molar-refractivity contribution in [3.05, 3.63) is 70.5 Å². The SMILES string of the molecule is Cc1ccc(F)c(C(O)Cc2ccc(F)c(F)c2)c1. The summed E-state index contributed by atoms with van der Waals surface area (Å²) in [4.78, 5) is 0. The smallest absolute Gasteiger partial charge is 0.159 e. The highest BCUT2D eigenvalue weighted by atomic mass is 19.2. The summed E-state index contributed by atoms with van der Waals surface area (Å²) in [5.74, 6) is -2.44. The van der Waals surface area contributed by atoms with Crippen LogP contribution in [0.1, 0.15) is 22.8 Å². The molecule has 0 amide bonds. The Morgan fingerprint density at radius 1 is 0.947 bits per heavy atom. The van der Waals surface area contributed by atoms with Gasteiger partial charge in [-0.15, -0.1) is 0 Å². The second-order valence-electron chi connectivity index (χ2n) is 4.49. The van der Waals surface area contributed by atoms with Crippen molar-refractivity contribution in [3.8, 4) is 0 Å². The van der Waals surface area contributed by atoms with Gasteiger partial charge in [-0.1, -0.05) is 23.8 Å². The van der Waals surface area contributed by atoms with Crippen molar-refractivity contribution in [3.63, 3.8) is 0 Å². The molecule has 0 spiro atoms. The molecule has 0 bridgehead atoms. The zero-order chi connectivity index (χ0) is 14.0. The Hall–Kier alpha value is -1.81. The van der Waals surface area contributed by atoms with E-state index in [0.29, 0.717) is 5.56 Å². The lowest BCUT2D eigenvalue weighted by Crippen LogP contribution is -2.05. The minimum atomic E-state index is -1.09. The van der Waals surface area contributed by atoms with Gasteiger partial charge in [0, 0.05) is 12.0 Å². The van der Waals surface area contributed by atoms with E-state index in [-0.39, 0.29) is 12.0 Å². The minimum absolute atomic E-state index is 0.0254. The van der Waals surface area contributed by atoms with Crippen molar-refractivity contribution in [2.75, 3.05) is 0 Å². The zero-order valence-electron chi connectivity index (χ0n) is 10.3. The number of aryl methyl sites for hydroxylation is 1. The van der Waals surface area contributed by atoms with E-state index in [1.165, 1.54) is 12.1 Å². The molecule has 0 radical (unpaired) electrons. The third kappa shape index (κ3) is 3.15. The van der Waals surface area contributed by atoms with Gasteiger partial charge in [0.2, 0.25) is 0 Å². The second-order valence-corrected chi connectivity index (χ2v) is 4.49. The van der Waals surface area contributed by atoms with Gasteiger partial charge >= 0.3 is 0 Å². The minimum Gasteiger partial charge on any atom is -0.388 e. The van der Waals surface area contributed by atoms with Gasteiger partial charge in [0.15, 0.2) is 11.6 Å². The summed E-state index contributed by atoms with van der Waals surface area (Å²) in [7, 11) is 0. The van der Waals surface area contributed by atoms with E-state index in [1.807, 2.05) is 0 Å². The van der Waals surface area contributed by atoms with E-state index < -0.39 is 23.6 Å². The molecule has 100 valence electrons. The number of benzene rings is 2. The Balaban J connectivity index is 2.22. The number of aliphatic hydroxyl groups excluding tert-OH is 1. The molecule has 1 atom stereocenters. The van der Waals surface area contributed by atoms with E-state index in [0.717, 1.165) is 17.7 Å². The third-order valence-corrected chi connectivity index (χ3v) is 2.92. The van der Waals surface area contributed by atoms with Crippen LogP contribution in [0.3, 0.4) is 0 Å². The number of hydrogen-bond acceptors (Lipinski definition) is 1. The van der Waals surface area contributed by atoms with Crippen LogP contribution >= 0.6 is 0 Å². The van der Waals surface area contributed by atoms with Crippen LogP contribution in [-0.4, -0.2) is 5.11 Å². The van der Waals surface area contributed by atoms with Crippen molar-refractivity contribution >= 4 is 0 Å². The van der Waals surface area contributed by atoms with Gasteiger partial charge in [-0.25, -0.2) is 13.2 Å². The Morgan fingerprint density at radius 2 is 1.63 bits per heavy atom. The largest absolute Gasteiger partial charge is 0.388 e. The number of hydrogen-bond donors (Lipinski definition) is 1. The first-order valence-corrected chi connectivity index (χ1v) is 5.85. The maximum Gasteiger partial charge on any atom is 0.159 e. The summed E-state index contributed by atoms with van der Waals surface area (Å²) < 4.78 is 39.4. The molecule has 0 aromatic heterocycles. The van der Waals surface area contributed by atoms with Crippen LogP contribution < -0.4 is 0 Å². The monoisotopic (exact) mass is 266 g/mol. The first-order valence-electron chi connectivity index (χ1n) is 5.85. The van der Waals surface area contributed by atoms with E-state index in [4.69, 9.17) is 0 Å². The van der Waals surface area contributed by atoms with Crippen LogP contribution in [0.4, 0.5) is 13.2 Å². The van der Waals surface area contributed by atoms with Gasteiger partial charge in [0.25, 0.3) is 0 Å². The quantitative estimate of drug-likeness (QED) is 0.898. The summed E-state index contributed by atoms with van der Waals surface area (Å²) in [6.07, 6.45) is -1.07. The zero-order valence-corrected chi connectivity index (χ0v) is 10.3. The maximum atomic E-state index is 13.6. The van der Waals surface area contributed by atoms with Crippen LogP contribution in [0.5, 0.6) is 0 Å². The predicted molar refractivity (Wildman–Crippen MR) is 66.2 cm³/mol. The first-order chi connectivity index (χ1) is 8.97. The lowest BCUT2D eigenvalue weighted by molar-refractivity contribution is 0.173. The van der Waals surface area contributed by atoms with Gasteiger partial charge in [0.05, 0.1) is 6.10 Å². The average Bonchev–Trinajstić information content (AvgIpc) is 2.36. The Morgan fingerprint density at radius 3 is 2.32 bits per heavy atom. The van der Waals surface area contributed by atoms with Gasteiger partial charge in [-0.2, -0.15) is 0 Å². The van der Waals surface area contributed by atoms with Crippen molar-refractivity contribution in [2.24, 2.45) is 0 Å². The maximum absolute atomic E-state index is 13.6. The lowest BCUT2D eigenvalue weighted by atomic mass is 9.99. The van der Waals surface area contributed by atoms with Gasteiger partial charge in [0.1, 0.15) is 5.82 Å². The normalized spacial score (nSPS) is 12.5. The molecule has 1 nitrogen and oxygen atoms in total. The van der Waals surface area contributed by atoms with E-state index in [2.05, 4.69) is 0 Å². The molecule has 0 aliphatic rings. The molecule has 4 heteroatoms. The van der Waals surface area contributed by atoms with Crippen LogP contribution in [0.2, 0.25) is 0 Å². The van der Waals surface area contributed by atoms with Crippen LogP contribution in [0.25, 0.3) is 0 Å². The molecule has 0 aliphatic heterocycles. The fourth-order valence-electron chi connectivity index (χ4n) is 1.92. The van der Waals surface area contributed by atoms with Crippen LogP contribution in [-0.2, 0) is 6.42 Å². The third-order valence-electron chi connectivity index (χ3n) is 2.92. The highest BCUT2D eigenvalue weighted by Crippen LogP contribution is 2.23. The molecule has 19 heavy (non-hydrogen) atoms. The molecule has 0 saturated heterocycles. The van der Waals surface area contributed by atoms with E-state index in [9.17, 15) is 18.3 Å². The van der Waals surface area contributed by atoms with Gasteiger partial charge < -0.3 is 5.11 Å². The Bertz CT molecular complexity index is 596. The summed E-state index contributed by atoms with van der Waals surface area (Å²) in [6.45, 7) is 1.78. The number of aliphatic hydroxyl groups is 1. The fraction of sp³-hybridized carbons (Fsp3) is 0.200. The molecule has 2 aromatic rings. The van der Waals surface area contributed by atoms with Crippen LogP contribution in [0, 0.1) is 24.4 Å². The molecular formula is C15H13F3O. The topological polar surface area (TPSA) is 20.2 Å². The Kier molecular flexibility index (Phi) is 3.90. The molecule has 1 unspecified atom stereocenters. The predicted octanol–water partition coefficient (Wildman–Crippen LogP) is 3.69. The standard InChI is InChI=1S/C15H13F3O/c1-9-2-4-12(16)11(6-9)15(19)8-10-3-5-13(17)14(18)7-10/h2-7,15,19H,8H2,1H3. The van der Waals surface area contributed by atoms with Crippen molar-refractivity contribution in [1.29, 1.82) is 0 Å².